The van der Waals surface area contributed by atoms with E-state index in [9.17, 15) is 19.5 Å². The van der Waals surface area contributed by atoms with Gasteiger partial charge in [0.15, 0.2) is 0 Å². The highest BCUT2D eigenvalue weighted by atomic mass is 16.5. The average molecular weight is 486 g/mol. The first-order valence-electron chi connectivity index (χ1n) is 12.9. The number of benzene rings is 1. The predicted octanol–water partition coefficient (Wildman–Crippen LogP) is 2.00. The highest BCUT2D eigenvalue weighted by Crippen LogP contribution is 2.65. The third-order valence-corrected chi connectivity index (χ3v) is 8.32. The van der Waals surface area contributed by atoms with E-state index in [0.717, 1.165) is 18.4 Å². The molecule has 3 heterocycles. The minimum atomic E-state index is -1.05. The van der Waals surface area contributed by atoms with E-state index in [4.69, 9.17) is 4.74 Å². The number of aliphatic hydroxyl groups excluding tert-OH is 1. The minimum absolute atomic E-state index is 0.000169. The summed E-state index contributed by atoms with van der Waals surface area (Å²) in [5.74, 6) is -2.09. The van der Waals surface area contributed by atoms with E-state index in [1.165, 1.54) is 0 Å². The zero-order valence-electron chi connectivity index (χ0n) is 21.3. The monoisotopic (exact) mass is 485 g/mol. The lowest BCUT2D eigenvalue weighted by Crippen LogP contribution is -2.57. The van der Waals surface area contributed by atoms with Gasteiger partial charge in [0.1, 0.15) is 11.6 Å². The summed E-state index contributed by atoms with van der Waals surface area (Å²) in [6, 6.07) is 8.80. The van der Waals surface area contributed by atoms with Gasteiger partial charge in [-0.05, 0) is 44.6 Å². The van der Waals surface area contributed by atoms with Gasteiger partial charge >= 0.3 is 0 Å². The molecule has 7 atom stereocenters. The van der Waals surface area contributed by atoms with Crippen LogP contribution in [-0.2, 0) is 25.7 Å². The van der Waals surface area contributed by atoms with Crippen LogP contribution in [0.3, 0.4) is 0 Å². The lowest BCUT2D eigenvalue weighted by Gasteiger charge is -2.36. The molecule has 1 spiro atoms. The third-order valence-electron chi connectivity index (χ3n) is 8.32. The summed E-state index contributed by atoms with van der Waals surface area (Å²) in [4.78, 5) is 42.6. The highest BCUT2D eigenvalue weighted by Gasteiger charge is 2.79. The Labute approximate surface area is 207 Å². The number of aliphatic hydroxyl groups is 1. The second kappa shape index (κ2) is 9.90. The first-order valence-corrected chi connectivity index (χ1v) is 12.9. The van der Waals surface area contributed by atoms with Gasteiger partial charge in [-0.25, -0.2) is 0 Å². The molecule has 192 valence electrons. The zero-order chi connectivity index (χ0) is 25.4. The molecule has 3 amide bonds. The van der Waals surface area contributed by atoms with Gasteiger partial charge in [-0.2, -0.15) is 0 Å². The number of fused-ring (bicyclic) bond motifs is 1. The number of carbonyl (C=O) groups excluding carboxylic acids is 3. The molecule has 8 heteroatoms. The maximum atomic E-state index is 13.8. The summed E-state index contributed by atoms with van der Waals surface area (Å²) in [5, 5.41) is 15.6. The number of nitrogens with zero attached hydrogens (tertiary/aromatic N) is 1. The number of hydrogen-bond donors (Lipinski definition) is 3. The predicted molar refractivity (Wildman–Crippen MR) is 131 cm³/mol. The molecule has 0 saturated carbocycles. The van der Waals surface area contributed by atoms with Gasteiger partial charge in [0.05, 0.1) is 17.4 Å². The first kappa shape index (κ1) is 25.6. The molecule has 35 heavy (non-hydrogen) atoms. The SMILES string of the molecule is CCCC(C)NC(=O)C1N(CCCO)C(=O)[C@@H]2[C@H](C(=O)NCc3ccccc3)[C@@]3(C)OC12CC3C. The van der Waals surface area contributed by atoms with Crippen LogP contribution in [0.2, 0.25) is 0 Å². The topological polar surface area (TPSA) is 108 Å². The van der Waals surface area contributed by atoms with Crippen molar-refractivity contribution in [2.24, 2.45) is 17.8 Å². The molecule has 1 aromatic rings. The Morgan fingerprint density at radius 3 is 2.63 bits per heavy atom. The van der Waals surface area contributed by atoms with Crippen LogP contribution in [0.5, 0.6) is 0 Å². The Kier molecular flexibility index (Phi) is 7.25. The highest BCUT2D eigenvalue weighted by molar-refractivity contribution is 5.99. The van der Waals surface area contributed by atoms with Gasteiger partial charge in [-0.3, -0.25) is 14.4 Å². The largest absolute Gasteiger partial charge is 0.396 e. The number of rotatable bonds is 10. The lowest BCUT2D eigenvalue weighted by molar-refractivity contribution is -0.148. The Bertz CT molecular complexity index is 955. The van der Waals surface area contributed by atoms with Crippen molar-refractivity contribution in [2.75, 3.05) is 13.2 Å². The van der Waals surface area contributed by atoms with Gasteiger partial charge in [0.2, 0.25) is 17.7 Å². The van der Waals surface area contributed by atoms with Crippen molar-refractivity contribution in [1.29, 1.82) is 0 Å². The smallest absolute Gasteiger partial charge is 0.246 e. The summed E-state index contributed by atoms with van der Waals surface area (Å²) in [7, 11) is 0. The molecule has 2 bridgehead atoms. The maximum Gasteiger partial charge on any atom is 0.246 e. The van der Waals surface area contributed by atoms with Crippen molar-refractivity contribution in [2.45, 2.75) is 83.2 Å². The number of carbonyl (C=O) groups is 3. The Balaban J connectivity index is 1.65. The molecule has 3 fully saturated rings. The van der Waals surface area contributed by atoms with Gasteiger partial charge in [-0.1, -0.05) is 50.6 Å². The molecule has 3 aliphatic rings. The molecule has 0 radical (unpaired) electrons. The quantitative estimate of drug-likeness (QED) is 0.470. The van der Waals surface area contributed by atoms with E-state index in [0.29, 0.717) is 19.4 Å². The van der Waals surface area contributed by atoms with Crippen molar-refractivity contribution in [3.63, 3.8) is 0 Å². The Morgan fingerprint density at radius 2 is 1.97 bits per heavy atom. The van der Waals surface area contributed by atoms with Crippen LogP contribution in [0, 0.1) is 17.8 Å². The molecular weight excluding hydrogens is 446 g/mol. The van der Waals surface area contributed by atoms with Crippen molar-refractivity contribution < 1.29 is 24.2 Å². The summed E-state index contributed by atoms with van der Waals surface area (Å²) < 4.78 is 6.68. The van der Waals surface area contributed by atoms with E-state index in [1.54, 1.807) is 4.90 Å². The fourth-order valence-corrected chi connectivity index (χ4v) is 6.64. The number of amides is 3. The van der Waals surface area contributed by atoms with Crippen molar-refractivity contribution in [3.8, 4) is 0 Å². The van der Waals surface area contributed by atoms with Crippen LogP contribution in [0.15, 0.2) is 30.3 Å². The standard InChI is InChI=1S/C27H39N3O5/c1-5-10-18(3)29-24(33)22-27-15-17(2)26(4,35-27)20(21(27)25(34)30(22)13-9-14-31)23(32)28-16-19-11-7-6-8-12-19/h6-8,11-12,17-18,20-22,31H,5,9-10,13-16H2,1-4H3,(H,28,32)(H,29,33)/t17?,18?,20-,21+,22?,26+,27?/m1/s1. The molecular formula is C27H39N3O5. The number of likely N-dealkylation sites (tertiary alicyclic amines) is 1. The molecule has 0 aliphatic carbocycles. The first-order chi connectivity index (χ1) is 16.7. The summed E-state index contributed by atoms with van der Waals surface area (Å²) in [6.07, 6.45) is 2.67. The minimum Gasteiger partial charge on any atom is -0.396 e. The number of hydrogen-bond acceptors (Lipinski definition) is 5. The molecule has 0 aromatic heterocycles. The number of ether oxygens (including phenoxy) is 1. The van der Waals surface area contributed by atoms with Gasteiger partial charge in [-0.15, -0.1) is 0 Å². The van der Waals surface area contributed by atoms with Crippen LogP contribution in [0.4, 0.5) is 0 Å². The van der Waals surface area contributed by atoms with Crippen LogP contribution in [0.25, 0.3) is 0 Å². The molecule has 8 nitrogen and oxygen atoms in total. The van der Waals surface area contributed by atoms with Gasteiger partial charge in [0.25, 0.3) is 0 Å². The van der Waals surface area contributed by atoms with Crippen LogP contribution < -0.4 is 10.6 Å². The van der Waals surface area contributed by atoms with E-state index in [2.05, 4.69) is 17.6 Å². The second-order valence-electron chi connectivity index (χ2n) is 10.7. The summed E-state index contributed by atoms with van der Waals surface area (Å²) in [6.45, 7) is 8.50. The molecule has 3 saturated heterocycles. The molecule has 4 rings (SSSR count). The van der Waals surface area contributed by atoms with Crippen molar-refractivity contribution >= 4 is 17.7 Å². The van der Waals surface area contributed by atoms with Gasteiger partial charge < -0.3 is 25.4 Å². The maximum absolute atomic E-state index is 13.8. The number of nitrogens with one attached hydrogen (secondary N) is 2. The Hall–Kier alpha value is -2.45. The zero-order valence-corrected chi connectivity index (χ0v) is 21.3. The molecule has 1 aromatic carbocycles. The normalized spacial score (nSPS) is 34.1. The van der Waals surface area contributed by atoms with Crippen LogP contribution in [-0.4, -0.2) is 64.2 Å². The molecule has 3 N–H and O–H groups in total. The van der Waals surface area contributed by atoms with Crippen molar-refractivity contribution in [1.82, 2.24) is 15.5 Å². The third kappa shape index (κ3) is 4.25. The second-order valence-corrected chi connectivity index (χ2v) is 10.7. The van der Waals surface area contributed by atoms with E-state index < -0.39 is 29.1 Å². The summed E-state index contributed by atoms with van der Waals surface area (Å²) in [5.41, 5.74) is -0.911. The average Bonchev–Trinajstić information content (AvgIpc) is 3.33. The Morgan fingerprint density at radius 1 is 1.26 bits per heavy atom. The van der Waals surface area contributed by atoms with Crippen molar-refractivity contribution in [3.05, 3.63) is 35.9 Å². The van der Waals surface area contributed by atoms with E-state index in [-0.39, 0.29) is 42.8 Å². The van der Waals surface area contributed by atoms with Crippen LogP contribution >= 0.6 is 0 Å². The molecule has 4 unspecified atom stereocenters. The van der Waals surface area contributed by atoms with Crippen LogP contribution in [0.1, 0.15) is 58.9 Å². The summed E-state index contributed by atoms with van der Waals surface area (Å²) >= 11 is 0. The molecule has 3 aliphatic heterocycles. The van der Waals surface area contributed by atoms with E-state index in [1.807, 2.05) is 51.1 Å². The fraction of sp³-hybridized carbons (Fsp3) is 0.667. The van der Waals surface area contributed by atoms with Gasteiger partial charge in [0, 0.05) is 25.7 Å². The lowest BCUT2D eigenvalue weighted by atomic mass is 9.62. The van der Waals surface area contributed by atoms with E-state index >= 15 is 0 Å². The fourth-order valence-electron chi connectivity index (χ4n) is 6.64.